The molecular weight excluding hydrogens is 301 g/mol. The smallest absolute Gasteiger partial charge is 0.411 e. The topological polar surface area (TPSA) is 55.8 Å². The number of carbonyl (C=O) groups is 1. The van der Waals surface area contributed by atoms with E-state index in [-0.39, 0.29) is 36.0 Å². The van der Waals surface area contributed by atoms with Gasteiger partial charge in [0.1, 0.15) is 12.2 Å². The quantitative estimate of drug-likeness (QED) is 0.784. The molecule has 0 radical (unpaired) electrons. The molecule has 0 heterocycles. The Morgan fingerprint density at radius 1 is 1.30 bits per heavy atom. The van der Waals surface area contributed by atoms with Crippen molar-refractivity contribution in [3.05, 3.63) is 28.8 Å². The van der Waals surface area contributed by atoms with Crippen molar-refractivity contribution >= 4 is 17.6 Å². The largest absolute Gasteiger partial charge is 0.491 e. The minimum absolute atomic E-state index is 0.00186. The van der Waals surface area contributed by atoms with Crippen molar-refractivity contribution in [2.24, 2.45) is 0 Å². The van der Waals surface area contributed by atoms with E-state index in [1.165, 1.54) is 18.2 Å². The van der Waals surface area contributed by atoms with E-state index in [9.17, 15) is 18.0 Å². The Morgan fingerprint density at radius 2 is 2.00 bits per heavy atom. The first-order valence-electron chi connectivity index (χ1n) is 5.60. The fourth-order valence-electron chi connectivity index (χ4n) is 1.35. The number of halogens is 4. The van der Waals surface area contributed by atoms with Gasteiger partial charge in [-0.3, -0.25) is 0 Å². The van der Waals surface area contributed by atoms with Crippen LogP contribution in [0.15, 0.2) is 18.2 Å². The predicted octanol–water partition coefficient (Wildman–Crippen LogP) is 3.39. The second-order valence-corrected chi connectivity index (χ2v) is 4.20. The third-order valence-electron chi connectivity index (χ3n) is 2.14. The van der Waals surface area contributed by atoms with Gasteiger partial charge in [0.25, 0.3) is 0 Å². The summed E-state index contributed by atoms with van der Waals surface area (Å²) in [5.74, 6) is -1.20. The van der Waals surface area contributed by atoms with Crippen LogP contribution in [0.2, 0.25) is 5.02 Å². The second kappa shape index (κ2) is 7.35. The molecular formula is C12H12ClF3O4. The molecule has 0 aliphatic carbocycles. The lowest BCUT2D eigenvalue weighted by atomic mass is 10.2. The standard InChI is InChI=1S/C12H12ClF3O4/c13-9-4-1-3-8(11(17)18)10(9)20-6-2-5-19-7-12(14,15)16/h1,3-4H,2,5-7H2,(H,17,18). The highest BCUT2D eigenvalue weighted by molar-refractivity contribution is 6.32. The number of alkyl halides is 3. The van der Waals surface area contributed by atoms with Crippen molar-refractivity contribution in [1.29, 1.82) is 0 Å². The number of aromatic carboxylic acids is 1. The second-order valence-electron chi connectivity index (χ2n) is 3.79. The van der Waals surface area contributed by atoms with E-state index in [2.05, 4.69) is 4.74 Å². The number of carboxylic acid groups (broad SMARTS) is 1. The first-order chi connectivity index (χ1) is 9.31. The van der Waals surface area contributed by atoms with Crippen LogP contribution < -0.4 is 4.74 Å². The molecule has 1 aromatic rings. The third kappa shape index (κ3) is 5.66. The van der Waals surface area contributed by atoms with Gasteiger partial charge in [-0.2, -0.15) is 13.2 Å². The van der Waals surface area contributed by atoms with Gasteiger partial charge in [-0.15, -0.1) is 0 Å². The van der Waals surface area contributed by atoms with Crippen LogP contribution in [0.5, 0.6) is 5.75 Å². The molecule has 1 rings (SSSR count). The molecule has 0 unspecified atom stereocenters. The van der Waals surface area contributed by atoms with Gasteiger partial charge >= 0.3 is 12.1 Å². The number of hydrogen-bond donors (Lipinski definition) is 1. The lowest BCUT2D eigenvalue weighted by Crippen LogP contribution is -2.18. The first kappa shape index (κ1) is 16.6. The van der Waals surface area contributed by atoms with Crippen molar-refractivity contribution in [1.82, 2.24) is 0 Å². The van der Waals surface area contributed by atoms with Crippen molar-refractivity contribution in [2.75, 3.05) is 19.8 Å². The van der Waals surface area contributed by atoms with Gasteiger partial charge in [-0.05, 0) is 12.1 Å². The Balaban J connectivity index is 2.41. The maximum Gasteiger partial charge on any atom is 0.411 e. The maximum atomic E-state index is 11.8. The molecule has 0 aromatic heterocycles. The van der Waals surface area contributed by atoms with E-state index in [4.69, 9.17) is 21.4 Å². The van der Waals surface area contributed by atoms with Gasteiger partial charge in [0.15, 0.2) is 5.75 Å². The third-order valence-corrected chi connectivity index (χ3v) is 2.44. The molecule has 0 spiro atoms. The van der Waals surface area contributed by atoms with Crippen molar-refractivity contribution < 1.29 is 32.5 Å². The highest BCUT2D eigenvalue weighted by Gasteiger charge is 2.27. The summed E-state index contributed by atoms with van der Waals surface area (Å²) in [6, 6.07) is 4.25. The van der Waals surface area contributed by atoms with Gasteiger partial charge < -0.3 is 14.6 Å². The molecule has 0 amide bonds. The minimum atomic E-state index is -4.36. The highest BCUT2D eigenvalue weighted by Crippen LogP contribution is 2.28. The predicted molar refractivity (Wildman–Crippen MR) is 65.4 cm³/mol. The van der Waals surface area contributed by atoms with Gasteiger partial charge in [-0.25, -0.2) is 4.79 Å². The lowest BCUT2D eigenvalue weighted by Gasteiger charge is -2.11. The van der Waals surface area contributed by atoms with E-state index in [1.807, 2.05) is 0 Å². The van der Waals surface area contributed by atoms with Crippen LogP contribution in [-0.4, -0.2) is 37.1 Å². The van der Waals surface area contributed by atoms with Crippen LogP contribution in [0.4, 0.5) is 13.2 Å². The SMILES string of the molecule is O=C(O)c1cccc(Cl)c1OCCCOCC(F)(F)F. The average molecular weight is 313 g/mol. The summed E-state index contributed by atoms with van der Waals surface area (Å²) in [7, 11) is 0. The van der Waals surface area contributed by atoms with Gasteiger partial charge in [0, 0.05) is 6.42 Å². The Bertz CT molecular complexity index is 463. The Kier molecular flexibility index (Phi) is 6.09. The average Bonchev–Trinajstić information content (AvgIpc) is 2.33. The summed E-state index contributed by atoms with van der Waals surface area (Å²) >= 11 is 5.81. The molecule has 112 valence electrons. The highest BCUT2D eigenvalue weighted by atomic mass is 35.5. The zero-order chi connectivity index (χ0) is 15.2. The number of rotatable bonds is 7. The summed E-state index contributed by atoms with van der Waals surface area (Å²) < 4.78 is 44.9. The van der Waals surface area contributed by atoms with Gasteiger partial charge in [-0.1, -0.05) is 17.7 Å². The molecule has 1 aromatic carbocycles. The van der Waals surface area contributed by atoms with Crippen LogP contribution >= 0.6 is 11.6 Å². The molecule has 0 fully saturated rings. The molecule has 20 heavy (non-hydrogen) atoms. The summed E-state index contributed by atoms with van der Waals surface area (Å²) in [5.41, 5.74) is -0.103. The number of para-hydroxylation sites is 1. The summed E-state index contributed by atoms with van der Waals surface area (Å²) in [6.07, 6.45) is -4.18. The zero-order valence-corrected chi connectivity index (χ0v) is 11.0. The first-order valence-corrected chi connectivity index (χ1v) is 5.98. The maximum absolute atomic E-state index is 11.8. The fourth-order valence-corrected chi connectivity index (χ4v) is 1.58. The minimum Gasteiger partial charge on any atom is -0.491 e. The molecule has 1 N–H and O–H groups in total. The summed E-state index contributed by atoms with van der Waals surface area (Å²) in [5, 5.41) is 9.06. The van der Waals surface area contributed by atoms with Crippen molar-refractivity contribution in [2.45, 2.75) is 12.6 Å². The number of ether oxygens (including phenoxy) is 2. The van der Waals surface area contributed by atoms with Gasteiger partial charge in [0.2, 0.25) is 0 Å². The number of carboxylic acids is 1. The zero-order valence-electron chi connectivity index (χ0n) is 10.2. The molecule has 0 aliphatic heterocycles. The monoisotopic (exact) mass is 312 g/mol. The van der Waals surface area contributed by atoms with Crippen LogP contribution in [0.1, 0.15) is 16.8 Å². The number of benzene rings is 1. The molecule has 0 saturated carbocycles. The fraction of sp³-hybridized carbons (Fsp3) is 0.417. The molecule has 0 aliphatic rings. The normalized spacial score (nSPS) is 11.4. The van der Waals surface area contributed by atoms with Gasteiger partial charge in [0.05, 0.1) is 18.2 Å². The summed E-state index contributed by atoms with van der Waals surface area (Å²) in [4.78, 5) is 10.9. The molecule has 4 nitrogen and oxygen atoms in total. The van der Waals surface area contributed by atoms with E-state index < -0.39 is 18.8 Å². The Morgan fingerprint density at radius 3 is 2.60 bits per heavy atom. The van der Waals surface area contributed by atoms with Crippen LogP contribution in [0, 0.1) is 0 Å². The van der Waals surface area contributed by atoms with Crippen LogP contribution in [0.25, 0.3) is 0 Å². The van der Waals surface area contributed by atoms with Crippen molar-refractivity contribution in [3.63, 3.8) is 0 Å². The van der Waals surface area contributed by atoms with Crippen molar-refractivity contribution in [3.8, 4) is 5.75 Å². The van der Waals surface area contributed by atoms with Crippen LogP contribution in [-0.2, 0) is 4.74 Å². The van der Waals surface area contributed by atoms with E-state index in [0.29, 0.717) is 0 Å². The van der Waals surface area contributed by atoms with Crippen LogP contribution in [0.3, 0.4) is 0 Å². The number of hydrogen-bond acceptors (Lipinski definition) is 3. The van der Waals surface area contributed by atoms with E-state index >= 15 is 0 Å². The molecule has 0 bridgehead atoms. The Labute approximate surface area is 118 Å². The Hall–Kier alpha value is -1.47. The van der Waals surface area contributed by atoms with E-state index in [0.717, 1.165) is 0 Å². The lowest BCUT2D eigenvalue weighted by molar-refractivity contribution is -0.174. The molecule has 0 saturated heterocycles. The molecule has 0 atom stereocenters. The van der Waals surface area contributed by atoms with E-state index in [1.54, 1.807) is 0 Å². The molecule has 8 heteroatoms. The summed E-state index contributed by atoms with van der Waals surface area (Å²) in [6.45, 7) is -1.46.